The Labute approximate surface area is 211 Å². The summed E-state index contributed by atoms with van der Waals surface area (Å²) >= 11 is 1.74. The zero-order chi connectivity index (χ0) is 25.1. The Balaban J connectivity index is 1.63. The summed E-state index contributed by atoms with van der Waals surface area (Å²) in [5, 5.41) is 2.10. The molecule has 7 heteroatoms. The van der Waals surface area contributed by atoms with E-state index in [9.17, 15) is 9.59 Å². The zero-order valence-electron chi connectivity index (χ0n) is 20.9. The maximum atomic E-state index is 13.8. The molecule has 0 N–H and O–H groups in total. The van der Waals surface area contributed by atoms with Crippen LogP contribution in [0, 0.1) is 6.92 Å². The largest absolute Gasteiger partial charge is 0.497 e. The second kappa shape index (κ2) is 10.5. The van der Waals surface area contributed by atoms with Gasteiger partial charge in [-0.15, -0.1) is 11.3 Å². The molecule has 6 nitrogen and oxygen atoms in total. The number of carbonyl (C=O) groups excluding carboxylic acids is 2. The van der Waals surface area contributed by atoms with Crippen molar-refractivity contribution in [3.63, 3.8) is 0 Å². The van der Waals surface area contributed by atoms with Crippen LogP contribution in [0.1, 0.15) is 51.8 Å². The van der Waals surface area contributed by atoms with Crippen LogP contribution in [0.3, 0.4) is 0 Å². The van der Waals surface area contributed by atoms with Crippen LogP contribution in [0.5, 0.6) is 11.5 Å². The van der Waals surface area contributed by atoms with Gasteiger partial charge < -0.3 is 19.3 Å². The summed E-state index contributed by atoms with van der Waals surface area (Å²) in [4.78, 5) is 32.2. The van der Waals surface area contributed by atoms with E-state index < -0.39 is 0 Å². The summed E-state index contributed by atoms with van der Waals surface area (Å²) in [5.74, 6) is 0.765. The van der Waals surface area contributed by atoms with Gasteiger partial charge in [-0.2, -0.15) is 0 Å². The zero-order valence-corrected chi connectivity index (χ0v) is 21.7. The molecule has 0 spiro atoms. The first kappa shape index (κ1) is 24.8. The molecule has 35 heavy (non-hydrogen) atoms. The van der Waals surface area contributed by atoms with E-state index in [1.165, 1.54) is 16.0 Å². The Morgan fingerprint density at radius 1 is 1.06 bits per heavy atom. The lowest BCUT2D eigenvalue weighted by molar-refractivity contribution is -0.134. The topological polar surface area (TPSA) is 59.1 Å². The van der Waals surface area contributed by atoms with Crippen molar-refractivity contribution in [3.05, 3.63) is 81.0 Å². The number of fused-ring (bicyclic) bond motifs is 1. The van der Waals surface area contributed by atoms with E-state index in [1.807, 2.05) is 18.7 Å². The number of hydrogen-bond acceptors (Lipinski definition) is 5. The molecular formula is C28H32N2O4S. The Morgan fingerprint density at radius 2 is 1.71 bits per heavy atom. The molecule has 0 fully saturated rings. The highest BCUT2D eigenvalue weighted by molar-refractivity contribution is 7.10. The molecule has 2 aromatic carbocycles. The van der Waals surface area contributed by atoms with E-state index in [-0.39, 0.29) is 30.4 Å². The highest BCUT2D eigenvalue weighted by Gasteiger charge is 2.34. The fourth-order valence-corrected chi connectivity index (χ4v) is 5.42. The number of aryl methyl sites for hydroxylation is 1. The van der Waals surface area contributed by atoms with Gasteiger partial charge in [-0.05, 0) is 61.9 Å². The molecule has 0 saturated carbocycles. The van der Waals surface area contributed by atoms with Gasteiger partial charge in [0.25, 0.3) is 5.91 Å². The normalized spacial score (nSPS) is 15.0. The van der Waals surface area contributed by atoms with Crippen molar-refractivity contribution in [2.75, 3.05) is 27.3 Å². The molecule has 1 atom stereocenters. The lowest BCUT2D eigenvalue weighted by Crippen LogP contribution is -2.48. The molecular weight excluding hydrogens is 460 g/mol. The van der Waals surface area contributed by atoms with E-state index in [2.05, 4.69) is 42.6 Å². The van der Waals surface area contributed by atoms with Gasteiger partial charge in [0.15, 0.2) is 0 Å². The van der Waals surface area contributed by atoms with Gasteiger partial charge in [0, 0.05) is 29.1 Å². The van der Waals surface area contributed by atoms with Gasteiger partial charge in [-0.3, -0.25) is 9.59 Å². The predicted molar refractivity (Wildman–Crippen MR) is 138 cm³/mol. The van der Waals surface area contributed by atoms with Crippen LogP contribution in [-0.4, -0.2) is 55.0 Å². The average Bonchev–Trinajstić information content (AvgIpc) is 3.35. The van der Waals surface area contributed by atoms with Gasteiger partial charge in [-0.25, -0.2) is 0 Å². The third-order valence-electron chi connectivity index (χ3n) is 6.47. The van der Waals surface area contributed by atoms with Crippen LogP contribution in [0.2, 0.25) is 0 Å². The fourth-order valence-electron chi connectivity index (χ4n) is 4.52. The Kier molecular flexibility index (Phi) is 7.45. The molecule has 1 aliphatic heterocycles. The monoisotopic (exact) mass is 492 g/mol. The van der Waals surface area contributed by atoms with Gasteiger partial charge in [0.1, 0.15) is 18.0 Å². The molecule has 1 aliphatic rings. The molecule has 2 amide bonds. The number of amides is 2. The highest BCUT2D eigenvalue weighted by Crippen LogP contribution is 2.38. The van der Waals surface area contributed by atoms with Crippen LogP contribution < -0.4 is 9.47 Å². The van der Waals surface area contributed by atoms with Gasteiger partial charge in [0.05, 0.1) is 20.3 Å². The predicted octanol–water partition coefficient (Wildman–Crippen LogP) is 5.10. The summed E-state index contributed by atoms with van der Waals surface area (Å²) in [7, 11) is 3.10. The van der Waals surface area contributed by atoms with Gasteiger partial charge in [-0.1, -0.05) is 29.8 Å². The van der Waals surface area contributed by atoms with E-state index in [0.717, 1.165) is 12.0 Å². The van der Waals surface area contributed by atoms with Crippen molar-refractivity contribution in [3.8, 4) is 11.5 Å². The van der Waals surface area contributed by atoms with Crippen LogP contribution in [0.15, 0.2) is 53.9 Å². The smallest absolute Gasteiger partial charge is 0.254 e. The molecule has 0 radical (unpaired) electrons. The minimum Gasteiger partial charge on any atom is -0.497 e. The van der Waals surface area contributed by atoms with Crippen molar-refractivity contribution in [2.45, 2.75) is 39.3 Å². The van der Waals surface area contributed by atoms with Crippen molar-refractivity contribution in [2.24, 2.45) is 0 Å². The van der Waals surface area contributed by atoms with E-state index >= 15 is 0 Å². The van der Waals surface area contributed by atoms with Crippen molar-refractivity contribution >= 4 is 23.2 Å². The number of nitrogens with zero attached hydrogens (tertiary/aromatic N) is 2. The third kappa shape index (κ3) is 5.20. The number of carbonyl (C=O) groups is 2. The number of hydrogen-bond donors (Lipinski definition) is 0. The molecule has 184 valence electrons. The Hall–Kier alpha value is -3.32. The van der Waals surface area contributed by atoms with Crippen LogP contribution in [0.25, 0.3) is 0 Å². The summed E-state index contributed by atoms with van der Waals surface area (Å²) in [6, 6.07) is 15.2. The first-order valence-electron chi connectivity index (χ1n) is 11.8. The number of thiophene rings is 1. The first-order chi connectivity index (χ1) is 16.8. The summed E-state index contributed by atoms with van der Waals surface area (Å²) < 4.78 is 10.7. The average molecular weight is 493 g/mol. The summed E-state index contributed by atoms with van der Waals surface area (Å²) in [5.41, 5.74) is 3.87. The molecule has 2 heterocycles. The van der Waals surface area contributed by atoms with E-state index in [0.29, 0.717) is 23.6 Å². The molecule has 0 aliphatic carbocycles. The maximum absolute atomic E-state index is 13.8. The molecule has 4 rings (SSSR count). The molecule has 3 aromatic rings. The van der Waals surface area contributed by atoms with Gasteiger partial charge in [0.2, 0.25) is 5.91 Å². The van der Waals surface area contributed by atoms with E-state index in [1.54, 1.807) is 48.7 Å². The Morgan fingerprint density at radius 3 is 2.31 bits per heavy atom. The third-order valence-corrected chi connectivity index (χ3v) is 7.46. The maximum Gasteiger partial charge on any atom is 0.254 e. The number of rotatable bonds is 7. The minimum atomic E-state index is -0.231. The molecule has 0 bridgehead atoms. The lowest BCUT2D eigenvalue weighted by Gasteiger charge is -2.38. The van der Waals surface area contributed by atoms with Crippen LogP contribution >= 0.6 is 11.3 Å². The first-order valence-corrected chi connectivity index (χ1v) is 12.7. The number of ether oxygens (including phenoxy) is 2. The summed E-state index contributed by atoms with van der Waals surface area (Å²) in [6.07, 6.45) is 0.823. The second-order valence-corrected chi connectivity index (χ2v) is 10.1. The number of methoxy groups -OCH3 is 2. The highest BCUT2D eigenvalue weighted by atomic mass is 32.1. The van der Waals surface area contributed by atoms with Crippen molar-refractivity contribution < 1.29 is 19.1 Å². The Bertz CT molecular complexity index is 1180. The lowest BCUT2D eigenvalue weighted by atomic mass is 9.92. The fraction of sp³-hybridized carbons (Fsp3) is 0.357. The molecule has 1 unspecified atom stereocenters. The number of benzene rings is 2. The van der Waals surface area contributed by atoms with Crippen LogP contribution in [-0.2, 0) is 11.2 Å². The quantitative estimate of drug-likeness (QED) is 0.461. The molecule has 0 saturated heterocycles. The van der Waals surface area contributed by atoms with Gasteiger partial charge >= 0.3 is 0 Å². The SMILES string of the molecule is COc1cc(OC)cc(C(=O)N(CC(=O)N2CCc3sccc3C2c2ccc(C)cc2)C(C)C)c1. The second-order valence-electron chi connectivity index (χ2n) is 9.08. The van der Waals surface area contributed by atoms with Crippen LogP contribution in [0.4, 0.5) is 0 Å². The standard InChI is InChI=1S/C28H32N2O4S/c1-18(2)30(28(32)21-14-22(33-4)16-23(15-21)34-5)17-26(31)29-12-10-25-24(11-13-35-25)27(29)20-8-6-19(3)7-9-20/h6-9,11,13-16,18,27H,10,12,17H2,1-5H3. The van der Waals surface area contributed by atoms with E-state index in [4.69, 9.17) is 9.47 Å². The molecule has 1 aromatic heterocycles. The van der Waals surface area contributed by atoms with Crippen molar-refractivity contribution in [1.29, 1.82) is 0 Å². The van der Waals surface area contributed by atoms with Crippen molar-refractivity contribution in [1.82, 2.24) is 9.80 Å². The summed E-state index contributed by atoms with van der Waals surface area (Å²) in [6.45, 7) is 6.53. The minimum absolute atomic E-state index is 0.00213.